The summed E-state index contributed by atoms with van der Waals surface area (Å²) in [5.74, 6) is 0.419. The number of hydrogen-bond acceptors (Lipinski definition) is 4. The fourth-order valence-corrected chi connectivity index (χ4v) is 4.82. The topological polar surface area (TPSA) is 40.6 Å². The molecule has 0 bridgehead atoms. The minimum absolute atomic E-state index is 0.190. The van der Waals surface area contributed by atoms with Gasteiger partial charge in [-0.05, 0) is 30.7 Å². The zero-order valence-electron chi connectivity index (χ0n) is 11.3. The monoisotopic (exact) mass is 298 g/mol. The van der Waals surface area contributed by atoms with Crippen LogP contribution in [0.4, 0.5) is 10.1 Å². The molecular formula is C14H19FN2O2S. The summed E-state index contributed by atoms with van der Waals surface area (Å²) >= 11 is 0. The molecule has 2 saturated heterocycles. The van der Waals surface area contributed by atoms with Gasteiger partial charge in [0.15, 0.2) is 9.84 Å². The Balaban J connectivity index is 1.58. The van der Waals surface area contributed by atoms with Gasteiger partial charge in [0.2, 0.25) is 0 Å². The van der Waals surface area contributed by atoms with Crippen LogP contribution in [-0.4, -0.2) is 57.0 Å². The van der Waals surface area contributed by atoms with Crippen LogP contribution in [0.15, 0.2) is 24.3 Å². The lowest BCUT2D eigenvalue weighted by molar-refractivity contribution is 0.200. The minimum atomic E-state index is -2.81. The zero-order valence-corrected chi connectivity index (χ0v) is 12.2. The molecule has 0 saturated carbocycles. The van der Waals surface area contributed by atoms with E-state index in [1.807, 2.05) is 0 Å². The van der Waals surface area contributed by atoms with Crippen molar-refractivity contribution in [1.29, 1.82) is 0 Å². The Morgan fingerprint density at radius 2 is 1.70 bits per heavy atom. The lowest BCUT2D eigenvalue weighted by Crippen LogP contribution is -2.50. The third kappa shape index (κ3) is 2.96. The maximum absolute atomic E-state index is 12.9. The van der Waals surface area contributed by atoms with Crippen molar-refractivity contribution in [1.82, 2.24) is 4.90 Å². The minimum Gasteiger partial charge on any atom is -0.369 e. The van der Waals surface area contributed by atoms with E-state index in [-0.39, 0.29) is 11.9 Å². The Morgan fingerprint density at radius 3 is 2.25 bits per heavy atom. The Morgan fingerprint density at radius 1 is 1.05 bits per heavy atom. The summed E-state index contributed by atoms with van der Waals surface area (Å²) in [5, 5.41) is 0. The number of nitrogens with zero attached hydrogens (tertiary/aromatic N) is 2. The van der Waals surface area contributed by atoms with E-state index >= 15 is 0 Å². The van der Waals surface area contributed by atoms with Crippen LogP contribution in [0, 0.1) is 5.82 Å². The second-order valence-electron chi connectivity index (χ2n) is 5.56. The average molecular weight is 298 g/mol. The molecular weight excluding hydrogens is 279 g/mol. The van der Waals surface area contributed by atoms with E-state index < -0.39 is 9.84 Å². The summed E-state index contributed by atoms with van der Waals surface area (Å²) in [6, 6.07) is 6.74. The first-order chi connectivity index (χ1) is 9.53. The van der Waals surface area contributed by atoms with E-state index in [0.717, 1.165) is 38.3 Å². The van der Waals surface area contributed by atoms with Crippen LogP contribution < -0.4 is 4.90 Å². The van der Waals surface area contributed by atoms with Gasteiger partial charge in [-0.15, -0.1) is 0 Å². The summed E-state index contributed by atoms with van der Waals surface area (Å²) < 4.78 is 36.0. The molecule has 0 aromatic heterocycles. The highest BCUT2D eigenvalue weighted by Crippen LogP contribution is 2.22. The van der Waals surface area contributed by atoms with Crippen LogP contribution in [-0.2, 0) is 9.84 Å². The van der Waals surface area contributed by atoms with Crippen molar-refractivity contribution in [2.45, 2.75) is 12.5 Å². The lowest BCUT2D eigenvalue weighted by atomic mass is 10.1. The highest BCUT2D eigenvalue weighted by atomic mass is 32.2. The number of sulfone groups is 1. The molecule has 20 heavy (non-hydrogen) atoms. The molecule has 1 atom stereocenters. The highest BCUT2D eigenvalue weighted by Gasteiger charge is 2.33. The fraction of sp³-hybridized carbons (Fsp3) is 0.571. The highest BCUT2D eigenvalue weighted by molar-refractivity contribution is 7.91. The van der Waals surface area contributed by atoms with E-state index in [0.29, 0.717) is 11.5 Å². The number of piperazine rings is 1. The van der Waals surface area contributed by atoms with Crippen LogP contribution in [0.3, 0.4) is 0 Å². The van der Waals surface area contributed by atoms with Gasteiger partial charge in [-0.1, -0.05) is 0 Å². The third-order valence-corrected chi connectivity index (χ3v) is 5.98. The summed E-state index contributed by atoms with van der Waals surface area (Å²) in [7, 11) is -2.81. The maximum atomic E-state index is 12.9. The predicted molar refractivity (Wildman–Crippen MR) is 77.2 cm³/mol. The molecule has 2 heterocycles. The number of benzene rings is 1. The maximum Gasteiger partial charge on any atom is 0.151 e. The molecule has 1 aromatic rings. The van der Waals surface area contributed by atoms with Gasteiger partial charge < -0.3 is 4.90 Å². The Hall–Kier alpha value is -1.14. The van der Waals surface area contributed by atoms with Gasteiger partial charge in [-0.25, -0.2) is 12.8 Å². The quantitative estimate of drug-likeness (QED) is 0.821. The second-order valence-corrected chi connectivity index (χ2v) is 7.79. The first kappa shape index (κ1) is 13.8. The van der Waals surface area contributed by atoms with Crippen LogP contribution >= 0.6 is 0 Å². The Bertz CT molecular complexity index is 565. The first-order valence-electron chi connectivity index (χ1n) is 6.98. The Kier molecular flexibility index (Phi) is 3.69. The van der Waals surface area contributed by atoms with E-state index in [1.54, 1.807) is 12.1 Å². The van der Waals surface area contributed by atoms with Gasteiger partial charge >= 0.3 is 0 Å². The molecule has 0 radical (unpaired) electrons. The van der Waals surface area contributed by atoms with E-state index in [2.05, 4.69) is 9.80 Å². The number of halogens is 1. The summed E-state index contributed by atoms with van der Waals surface area (Å²) in [6.07, 6.45) is 0.763. The van der Waals surface area contributed by atoms with Gasteiger partial charge in [0.25, 0.3) is 0 Å². The largest absolute Gasteiger partial charge is 0.369 e. The molecule has 2 aliphatic rings. The lowest BCUT2D eigenvalue weighted by Gasteiger charge is -2.38. The summed E-state index contributed by atoms with van der Waals surface area (Å²) in [5.41, 5.74) is 1.03. The zero-order chi connectivity index (χ0) is 14.2. The average Bonchev–Trinajstić information content (AvgIpc) is 2.80. The third-order valence-electron chi connectivity index (χ3n) is 4.23. The molecule has 2 fully saturated rings. The van der Waals surface area contributed by atoms with Crippen molar-refractivity contribution in [2.24, 2.45) is 0 Å². The molecule has 4 nitrogen and oxygen atoms in total. The number of hydrogen-bond donors (Lipinski definition) is 0. The van der Waals surface area contributed by atoms with E-state index in [9.17, 15) is 12.8 Å². The molecule has 0 unspecified atom stereocenters. The second kappa shape index (κ2) is 5.33. The van der Waals surface area contributed by atoms with Gasteiger partial charge in [0.1, 0.15) is 5.82 Å². The van der Waals surface area contributed by atoms with Crippen molar-refractivity contribution in [3.63, 3.8) is 0 Å². The van der Waals surface area contributed by atoms with Gasteiger partial charge in [-0.3, -0.25) is 4.90 Å². The van der Waals surface area contributed by atoms with Crippen molar-refractivity contribution >= 4 is 15.5 Å². The molecule has 1 aromatic carbocycles. The molecule has 0 aliphatic carbocycles. The smallest absolute Gasteiger partial charge is 0.151 e. The first-order valence-corrected chi connectivity index (χ1v) is 8.81. The van der Waals surface area contributed by atoms with Crippen molar-refractivity contribution < 1.29 is 12.8 Å². The molecule has 0 amide bonds. The number of rotatable bonds is 2. The van der Waals surface area contributed by atoms with E-state index in [4.69, 9.17) is 0 Å². The standard InChI is InChI=1S/C14H19FN2O2S/c15-12-1-3-13(4-2-12)16-6-8-17(9-7-16)14-5-10-20(18,19)11-14/h1-4,14H,5-11H2/t14-/m1/s1. The van der Waals surface area contributed by atoms with Crippen LogP contribution in [0.2, 0.25) is 0 Å². The van der Waals surface area contributed by atoms with Crippen LogP contribution in [0.1, 0.15) is 6.42 Å². The fourth-order valence-electron chi connectivity index (χ4n) is 3.06. The Labute approximate surface area is 119 Å². The summed E-state index contributed by atoms with van der Waals surface area (Å²) in [6.45, 7) is 3.47. The predicted octanol–water partition coefficient (Wildman–Crippen LogP) is 1.13. The van der Waals surface area contributed by atoms with Crippen LogP contribution in [0.25, 0.3) is 0 Å². The van der Waals surface area contributed by atoms with E-state index in [1.165, 1.54) is 12.1 Å². The SMILES string of the molecule is O=S1(=O)CC[C@@H](N2CCN(c3ccc(F)cc3)CC2)C1. The van der Waals surface area contributed by atoms with Gasteiger partial charge in [-0.2, -0.15) is 0 Å². The molecule has 3 rings (SSSR count). The molecule has 110 valence electrons. The number of anilines is 1. The van der Waals surface area contributed by atoms with Crippen molar-refractivity contribution in [3.05, 3.63) is 30.1 Å². The normalized spacial score (nSPS) is 26.9. The van der Waals surface area contributed by atoms with Crippen molar-refractivity contribution in [3.8, 4) is 0 Å². The molecule has 0 spiro atoms. The molecule has 0 N–H and O–H groups in total. The molecule has 6 heteroatoms. The molecule has 2 aliphatic heterocycles. The van der Waals surface area contributed by atoms with Crippen molar-refractivity contribution in [2.75, 3.05) is 42.6 Å². The summed E-state index contributed by atoms with van der Waals surface area (Å²) in [4.78, 5) is 4.50. The van der Waals surface area contributed by atoms with Crippen LogP contribution in [0.5, 0.6) is 0 Å². The van der Waals surface area contributed by atoms with Gasteiger partial charge in [0.05, 0.1) is 11.5 Å². The van der Waals surface area contributed by atoms with Gasteiger partial charge in [0, 0.05) is 37.9 Å².